The predicted octanol–water partition coefficient (Wildman–Crippen LogP) is 15.9. The van der Waals surface area contributed by atoms with Crippen LogP contribution in [0.2, 0.25) is 0 Å². The third-order valence-corrected chi connectivity index (χ3v) is 30.8. The Morgan fingerprint density at radius 1 is 0.217 bits per heavy atom. The van der Waals surface area contributed by atoms with Crippen molar-refractivity contribution in [3.63, 3.8) is 0 Å². The topological polar surface area (TPSA) is 40.3 Å². The Morgan fingerprint density at radius 3 is 0.952 bits per heavy atom. The van der Waals surface area contributed by atoms with E-state index in [1.807, 2.05) is 0 Å². The van der Waals surface area contributed by atoms with Crippen molar-refractivity contribution in [3.8, 4) is 0 Å². The molecule has 0 radical (unpaired) electrons. The Hall–Kier alpha value is -0.280. The van der Waals surface area contributed by atoms with Crippen LogP contribution in [0.5, 0.6) is 0 Å². The summed E-state index contributed by atoms with van der Waals surface area (Å²) in [5.74, 6) is 9.72. The number of hydrogen-bond donors (Lipinski definition) is 2. The molecule has 16 unspecified atom stereocenters. The molecule has 5 saturated heterocycles. The van der Waals surface area contributed by atoms with E-state index in [1.54, 1.807) is 96.3 Å². The van der Waals surface area contributed by atoms with Gasteiger partial charge in [0, 0.05) is 90.6 Å². The number of rotatable bonds is 11. The average molecular weight is 1140 g/mol. The maximum absolute atomic E-state index is 3.96. The van der Waals surface area contributed by atoms with Crippen molar-refractivity contribution >= 4 is 0 Å². The largest absolute Gasteiger partial charge is 0.316 e. The first kappa shape index (κ1) is 57.8. The lowest BCUT2D eigenvalue weighted by Crippen LogP contribution is -2.55. The Morgan fingerprint density at radius 2 is 0.554 bits per heavy atom. The molecule has 0 aromatic heterocycles. The van der Waals surface area contributed by atoms with Crippen molar-refractivity contribution in [3.05, 3.63) is 0 Å². The maximum atomic E-state index is 3.96. The van der Waals surface area contributed by atoms with E-state index in [9.17, 15) is 0 Å². The SMILES string of the molecule is C1CCC(N(C2CCCCC2)C2CCC3C(C2)C2CCCCC2N3C2CCC(C3CC(C4CCC(N5C6CCCCC6C6CC(N(C7CCCCC7)C7CCCCC7)CCC65)CC4)CC(N4C5CCNCC5C5CNCCC54)C3)CC2)CC1. The summed E-state index contributed by atoms with van der Waals surface area (Å²) in [6, 6.07) is 13.5. The van der Waals surface area contributed by atoms with Crippen molar-refractivity contribution in [2.24, 2.45) is 59.2 Å². The number of hydrogen-bond acceptors (Lipinski definition) is 7. The van der Waals surface area contributed by atoms with E-state index < -0.39 is 0 Å². The predicted molar refractivity (Wildman–Crippen MR) is 344 cm³/mol. The second-order valence-corrected chi connectivity index (χ2v) is 34.3. The van der Waals surface area contributed by atoms with Crippen LogP contribution in [0.3, 0.4) is 0 Å². The van der Waals surface area contributed by atoms with Crippen LogP contribution in [-0.4, -0.2) is 141 Å². The van der Waals surface area contributed by atoms with Gasteiger partial charge in [-0.15, -0.1) is 0 Å². The maximum Gasteiger partial charge on any atom is 0.0157 e. The molecule has 16 rings (SSSR count). The van der Waals surface area contributed by atoms with Crippen LogP contribution >= 0.6 is 0 Å². The molecule has 7 heteroatoms. The molecule has 5 aliphatic heterocycles. The Labute approximate surface area is 510 Å². The van der Waals surface area contributed by atoms with Gasteiger partial charge < -0.3 is 10.6 Å². The summed E-state index contributed by atoms with van der Waals surface area (Å²) in [6.45, 7) is 5.10. The molecule has 0 amide bonds. The summed E-state index contributed by atoms with van der Waals surface area (Å²) < 4.78 is 0. The van der Waals surface area contributed by atoms with E-state index in [1.165, 1.54) is 232 Å². The highest BCUT2D eigenvalue weighted by Crippen LogP contribution is 2.58. The molecule has 11 saturated carbocycles. The number of nitrogens with one attached hydrogen (secondary N) is 2. The fourth-order valence-electron chi connectivity index (χ4n) is 27.7. The molecule has 0 aromatic rings. The van der Waals surface area contributed by atoms with E-state index in [2.05, 4.69) is 35.1 Å². The first-order chi connectivity index (χ1) is 41.2. The average Bonchev–Trinajstić information content (AvgIpc) is 4.07. The molecule has 0 spiro atoms. The van der Waals surface area contributed by atoms with Gasteiger partial charge in [-0.05, 0) is 284 Å². The van der Waals surface area contributed by atoms with Crippen LogP contribution in [0.4, 0.5) is 0 Å². The van der Waals surface area contributed by atoms with Gasteiger partial charge in [-0.25, -0.2) is 0 Å². The van der Waals surface area contributed by atoms with E-state index in [0.717, 1.165) is 150 Å². The summed E-state index contributed by atoms with van der Waals surface area (Å²) in [5, 5.41) is 7.92. The van der Waals surface area contributed by atoms with E-state index in [4.69, 9.17) is 0 Å². The fraction of sp³-hybridized carbons (Fsp3) is 1.00. The van der Waals surface area contributed by atoms with Crippen LogP contribution < -0.4 is 10.6 Å². The molecule has 0 bridgehead atoms. The zero-order valence-electron chi connectivity index (χ0n) is 53.7. The fourth-order valence-corrected chi connectivity index (χ4v) is 27.7. The van der Waals surface area contributed by atoms with Gasteiger partial charge in [0.15, 0.2) is 0 Å². The van der Waals surface area contributed by atoms with E-state index in [-0.39, 0.29) is 0 Å². The lowest BCUT2D eigenvalue weighted by molar-refractivity contribution is -0.0209. The number of fused-ring (bicyclic) bond motifs is 9. The van der Waals surface area contributed by atoms with Crippen molar-refractivity contribution in [2.75, 3.05) is 26.2 Å². The Balaban J connectivity index is 0.608. The first-order valence-electron chi connectivity index (χ1n) is 39.5. The monoisotopic (exact) mass is 1140 g/mol. The second-order valence-electron chi connectivity index (χ2n) is 34.3. The highest BCUT2D eigenvalue weighted by molar-refractivity contribution is 5.13. The van der Waals surface area contributed by atoms with Crippen LogP contribution in [0.25, 0.3) is 0 Å². The Bertz CT molecular complexity index is 1870. The highest BCUT2D eigenvalue weighted by Gasteiger charge is 2.59. The summed E-state index contributed by atoms with van der Waals surface area (Å²) in [4.78, 5) is 16.8. The van der Waals surface area contributed by atoms with Gasteiger partial charge >= 0.3 is 0 Å². The van der Waals surface area contributed by atoms with Gasteiger partial charge in [-0.3, -0.25) is 24.5 Å². The third-order valence-electron chi connectivity index (χ3n) is 30.8. The molecule has 2 N–H and O–H groups in total. The smallest absolute Gasteiger partial charge is 0.0157 e. The highest BCUT2D eigenvalue weighted by atomic mass is 15.3. The lowest BCUT2D eigenvalue weighted by atomic mass is 9.63. The zero-order valence-corrected chi connectivity index (χ0v) is 53.7. The van der Waals surface area contributed by atoms with Crippen molar-refractivity contribution < 1.29 is 0 Å². The quantitative estimate of drug-likeness (QED) is 0.214. The number of nitrogens with zero attached hydrogens (tertiary/aromatic N) is 5. The molecule has 83 heavy (non-hydrogen) atoms. The molecular weight excluding hydrogens is 1010 g/mol. The molecule has 16 aliphatic rings. The van der Waals surface area contributed by atoms with Gasteiger partial charge in [0.1, 0.15) is 0 Å². The normalized spacial score (nSPS) is 47.9. The molecule has 16 atom stereocenters. The van der Waals surface area contributed by atoms with Crippen LogP contribution in [0.1, 0.15) is 302 Å². The molecule has 7 nitrogen and oxygen atoms in total. The van der Waals surface area contributed by atoms with Crippen molar-refractivity contribution in [2.45, 2.75) is 392 Å². The van der Waals surface area contributed by atoms with Gasteiger partial charge in [0.25, 0.3) is 0 Å². The van der Waals surface area contributed by atoms with Crippen molar-refractivity contribution in [1.82, 2.24) is 35.1 Å². The van der Waals surface area contributed by atoms with Gasteiger partial charge in [0.2, 0.25) is 0 Å². The van der Waals surface area contributed by atoms with Gasteiger partial charge in [-0.2, -0.15) is 0 Å². The minimum absolute atomic E-state index is 0.847. The number of likely N-dealkylation sites (tertiary alicyclic amines) is 3. The van der Waals surface area contributed by atoms with Crippen LogP contribution in [0.15, 0.2) is 0 Å². The molecule has 11 aliphatic carbocycles. The van der Waals surface area contributed by atoms with Crippen molar-refractivity contribution in [1.29, 1.82) is 0 Å². The Kier molecular flexibility index (Phi) is 18.2. The van der Waals surface area contributed by atoms with Gasteiger partial charge in [-0.1, -0.05) is 103 Å². The van der Waals surface area contributed by atoms with Crippen LogP contribution in [-0.2, 0) is 0 Å². The molecule has 468 valence electrons. The zero-order chi connectivity index (χ0) is 54.8. The second kappa shape index (κ2) is 26.1. The molecular formula is C76H129N7. The van der Waals surface area contributed by atoms with E-state index in [0.29, 0.717) is 0 Å². The summed E-state index contributed by atoms with van der Waals surface area (Å²) >= 11 is 0. The summed E-state index contributed by atoms with van der Waals surface area (Å²) in [5.41, 5.74) is 0. The summed E-state index contributed by atoms with van der Waals surface area (Å²) in [6.07, 6.45) is 71.8. The lowest BCUT2D eigenvalue weighted by Gasteiger charge is -2.52. The van der Waals surface area contributed by atoms with Gasteiger partial charge in [0.05, 0.1) is 0 Å². The molecule has 16 fully saturated rings. The first-order valence-corrected chi connectivity index (χ1v) is 39.5. The minimum Gasteiger partial charge on any atom is -0.316 e. The number of piperidine rings is 2. The van der Waals surface area contributed by atoms with E-state index >= 15 is 0 Å². The third kappa shape index (κ3) is 11.4. The summed E-state index contributed by atoms with van der Waals surface area (Å²) in [7, 11) is 0. The molecule has 0 aromatic carbocycles. The minimum atomic E-state index is 0.847. The molecule has 5 heterocycles. The van der Waals surface area contributed by atoms with Crippen LogP contribution in [0, 0.1) is 59.2 Å². The standard InChI is InChI=1S/C76H129N7/c1-5-17-56(18-6-1)79(57-19-7-2-8-20-57)62-37-39-73-67(48-62)65-25-13-15-27-71(65)81(73)60-33-29-52(30-34-60)54-45-55(47-64(46-54)83-75-41-43-77-50-69(75)70-51-78-44-42-76(70)83)53-31-35-61(36-32-53)82-72-28-16-14-26-66(72)68-49-63(38-40-74(68)82)80(58-21-9-3-10-22-58)59-23-11-4-12-24-59/h52-78H,1-51H2.